The van der Waals surface area contributed by atoms with Crippen molar-refractivity contribution in [1.29, 1.82) is 0 Å². The van der Waals surface area contributed by atoms with Gasteiger partial charge in [-0.15, -0.1) is 11.3 Å². The summed E-state index contributed by atoms with van der Waals surface area (Å²) in [5.41, 5.74) is 2.26. The summed E-state index contributed by atoms with van der Waals surface area (Å²) in [7, 11) is 0. The zero-order valence-corrected chi connectivity index (χ0v) is 15.4. The van der Waals surface area contributed by atoms with Gasteiger partial charge in [-0.2, -0.15) is 0 Å². The van der Waals surface area contributed by atoms with Crippen molar-refractivity contribution in [2.24, 2.45) is 5.92 Å². The van der Waals surface area contributed by atoms with Gasteiger partial charge in [0.1, 0.15) is 5.01 Å². The number of nitrogens with zero attached hydrogens (tertiary/aromatic N) is 2. The summed E-state index contributed by atoms with van der Waals surface area (Å²) in [6.45, 7) is 6.85. The molecule has 1 saturated heterocycles. The number of ether oxygens (including phenoxy) is 1. The summed E-state index contributed by atoms with van der Waals surface area (Å²) in [4.78, 5) is 19.3. The first-order valence-corrected chi connectivity index (χ1v) is 9.63. The zero-order valence-electron chi connectivity index (χ0n) is 14.6. The number of aromatic nitrogens is 1. The SMILES string of the molecule is CC(Cc1ccccc1)C(=O)NCc1nc(CN2CCOCC2)cs1. The highest BCUT2D eigenvalue weighted by atomic mass is 32.1. The Morgan fingerprint density at radius 2 is 2.08 bits per heavy atom. The number of carbonyl (C=O) groups excluding carboxylic acids is 1. The second kappa shape index (κ2) is 9.08. The molecule has 1 atom stereocenters. The lowest BCUT2D eigenvalue weighted by Crippen LogP contribution is -2.35. The minimum Gasteiger partial charge on any atom is -0.379 e. The lowest BCUT2D eigenvalue weighted by atomic mass is 10.0. The van der Waals surface area contributed by atoms with Crippen LogP contribution in [0.3, 0.4) is 0 Å². The zero-order chi connectivity index (χ0) is 17.5. The van der Waals surface area contributed by atoms with Gasteiger partial charge in [-0.05, 0) is 12.0 Å². The molecule has 0 spiro atoms. The Bertz CT molecular complexity index is 668. The second-order valence-corrected chi connectivity index (χ2v) is 7.37. The predicted octanol–water partition coefficient (Wildman–Crippen LogP) is 2.47. The molecule has 1 aromatic carbocycles. The van der Waals surface area contributed by atoms with Crippen molar-refractivity contribution < 1.29 is 9.53 Å². The molecular formula is C19H25N3O2S. The van der Waals surface area contributed by atoms with Crippen molar-refractivity contribution in [2.75, 3.05) is 26.3 Å². The van der Waals surface area contributed by atoms with E-state index in [-0.39, 0.29) is 11.8 Å². The lowest BCUT2D eigenvalue weighted by Gasteiger charge is -2.25. The molecule has 0 radical (unpaired) electrons. The first-order valence-electron chi connectivity index (χ1n) is 8.76. The van der Waals surface area contributed by atoms with Crippen LogP contribution in [0, 0.1) is 5.92 Å². The Labute approximate surface area is 153 Å². The van der Waals surface area contributed by atoms with Crippen LogP contribution in [-0.4, -0.2) is 42.1 Å². The Morgan fingerprint density at radius 3 is 2.84 bits per heavy atom. The normalized spacial score (nSPS) is 16.5. The van der Waals surface area contributed by atoms with E-state index in [1.165, 1.54) is 5.56 Å². The van der Waals surface area contributed by atoms with Gasteiger partial charge in [-0.25, -0.2) is 4.98 Å². The molecule has 1 amide bonds. The van der Waals surface area contributed by atoms with E-state index in [9.17, 15) is 4.79 Å². The van der Waals surface area contributed by atoms with E-state index >= 15 is 0 Å². The van der Waals surface area contributed by atoms with Crippen LogP contribution in [-0.2, 0) is 29.0 Å². The molecule has 5 nitrogen and oxygen atoms in total. The molecule has 1 unspecified atom stereocenters. The highest BCUT2D eigenvalue weighted by molar-refractivity contribution is 7.09. The van der Waals surface area contributed by atoms with Crippen LogP contribution in [0.5, 0.6) is 0 Å². The summed E-state index contributed by atoms with van der Waals surface area (Å²) in [6.07, 6.45) is 0.757. The average Bonchev–Trinajstić information content (AvgIpc) is 3.08. The number of nitrogens with one attached hydrogen (secondary N) is 1. The third-order valence-electron chi connectivity index (χ3n) is 4.33. The van der Waals surface area contributed by atoms with Gasteiger partial charge in [0.2, 0.25) is 5.91 Å². The molecule has 1 fully saturated rings. The Balaban J connectivity index is 1.44. The molecule has 0 aliphatic carbocycles. The molecule has 1 N–H and O–H groups in total. The molecule has 134 valence electrons. The quantitative estimate of drug-likeness (QED) is 0.825. The fourth-order valence-corrected chi connectivity index (χ4v) is 3.61. The molecule has 0 saturated carbocycles. The molecular weight excluding hydrogens is 334 g/mol. The maximum atomic E-state index is 12.3. The van der Waals surface area contributed by atoms with Gasteiger partial charge in [0, 0.05) is 30.9 Å². The summed E-state index contributed by atoms with van der Waals surface area (Å²) in [5.74, 6) is 0.0314. The molecule has 2 aromatic rings. The van der Waals surface area contributed by atoms with Crippen molar-refractivity contribution in [2.45, 2.75) is 26.4 Å². The summed E-state index contributed by atoms with van der Waals surface area (Å²) < 4.78 is 5.37. The molecule has 6 heteroatoms. The Hall–Kier alpha value is -1.76. The average molecular weight is 359 g/mol. The number of carbonyl (C=O) groups is 1. The Morgan fingerprint density at radius 1 is 1.32 bits per heavy atom. The van der Waals surface area contributed by atoms with E-state index in [1.54, 1.807) is 11.3 Å². The van der Waals surface area contributed by atoms with E-state index in [4.69, 9.17) is 4.74 Å². The van der Waals surface area contributed by atoms with Gasteiger partial charge in [-0.3, -0.25) is 9.69 Å². The van der Waals surface area contributed by atoms with E-state index in [2.05, 4.69) is 32.7 Å². The number of amides is 1. The monoisotopic (exact) mass is 359 g/mol. The van der Waals surface area contributed by atoms with Gasteiger partial charge >= 0.3 is 0 Å². The van der Waals surface area contributed by atoms with Crippen molar-refractivity contribution in [1.82, 2.24) is 15.2 Å². The fourth-order valence-electron chi connectivity index (χ4n) is 2.89. The molecule has 3 rings (SSSR count). The predicted molar refractivity (Wildman–Crippen MR) is 99.4 cm³/mol. The van der Waals surface area contributed by atoms with Crippen LogP contribution in [0.25, 0.3) is 0 Å². The molecule has 1 aliphatic rings. The Kier molecular flexibility index (Phi) is 6.55. The van der Waals surface area contributed by atoms with Gasteiger partial charge in [0.05, 0.1) is 25.5 Å². The first kappa shape index (κ1) is 18.0. The molecule has 1 aliphatic heterocycles. The number of hydrogen-bond acceptors (Lipinski definition) is 5. The summed E-state index contributed by atoms with van der Waals surface area (Å²) in [6, 6.07) is 10.1. The second-order valence-electron chi connectivity index (χ2n) is 6.43. The van der Waals surface area contributed by atoms with Crippen LogP contribution in [0.4, 0.5) is 0 Å². The van der Waals surface area contributed by atoms with Gasteiger partial charge in [0.25, 0.3) is 0 Å². The van der Waals surface area contributed by atoms with Crippen LogP contribution in [0.15, 0.2) is 35.7 Å². The number of benzene rings is 1. The third-order valence-corrected chi connectivity index (χ3v) is 5.23. The van der Waals surface area contributed by atoms with Crippen molar-refractivity contribution >= 4 is 17.2 Å². The minimum absolute atomic E-state index is 0.0461. The van der Waals surface area contributed by atoms with Crippen LogP contribution < -0.4 is 5.32 Å². The maximum absolute atomic E-state index is 12.3. The first-order chi connectivity index (χ1) is 12.2. The topological polar surface area (TPSA) is 54.5 Å². The molecule has 2 heterocycles. The lowest BCUT2D eigenvalue weighted by molar-refractivity contribution is -0.124. The van der Waals surface area contributed by atoms with Gasteiger partial charge < -0.3 is 10.1 Å². The standard InChI is InChI=1S/C19H25N3O2S/c1-15(11-16-5-3-2-4-6-16)19(23)20-12-18-21-17(14-25-18)13-22-7-9-24-10-8-22/h2-6,14-15H,7-13H2,1H3,(H,20,23). The molecule has 0 bridgehead atoms. The highest BCUT2D eigenvalue weighted by Gasteiger charge is 2.15. The van der Waals surface area contributed by atoms with E-state index in [0.29, 0.717) is 6.54 Å². The maximum Gasteiger partial charge on any atom is 0.223 e. The number of hydrogen-bond donors (Lipinski definition) is 1. The highest BCUT2D eigenvalue weighted by Crippen LogP contribution is 2.13. The van der Waals surface area contributed by atoms with E-state index < -0.39 is 0 Å². The van der Waals surface area contributed by atoms with E-state index in [0.717, 1.165) is 50.0 Å². The number of rotatable bonds is 7. The third kappa shape index (κ3) is 5.63. The number of morpholine rings is 1. The van der Waals surface area contributed by atoms with E-state index in [1.807, 2.05) is 25.1 Å². The number of thiazole rings is 1. The van der Waals surface area contributed by atoms with Crippen LogP contribution in [0.2, 0.25) is 0 Å². The fraction of sp³-hybridized carbons (Fsp3) is 0.474. The van der Waals surface area contributed by atoms with Crippen LogP contribution >= 0.6 is 11.3 Å². The van der Waals surface area contributed by atoms with Gasteiger partial charge in [-0.1, -0.05) is 37.3 Å². The molecule has 25 heavy (non-hydrogen) atoms. The van der Waals surface area contributed by atoms with Crippen molar-refractivity contribution in [3.05, 3.63) is 52.0 Å². The summed E-state index contributed by atoms with van der Waals surface area (Å²) in [5, 5.41) is 6.06. The van der Waals surface area contributed by atoms with Gasteiger partial charge in [0.15, 0.2) is 0 Å². The minimum atomic E-state index is -0.0461. The summed E-state index contributed by atoms with van der Waals surface area (Å²) >= 11 is 1.61. The smallest absolute Gasteiger partial charge is 0.223 e. The largest absolute Gasteiger partial charge is 0.379 e. The van der Waals surface area contributed by atoms with Crippen LogP contribution in [0.1, 0.15) is 23.2 Å². The van der Waals surface area contributed by atoms with Crippen molar-refractivity contribution in [3.63, 3.8) is 0 Å². The van der Waals surface area contributed by atoms with Crippen molar-refractivity contribution in [3.8, 4) is 0 Å². The molecule has 1 aromatic heterocycles.